The third kappa shape index (κ3) is 4.87. The normalized spacial score (nSPS) is 21.2. The molecule has 1 atom stereocenters. The number of amides is 4. The number of nitrogens with one attached hydrogen (secondary N) is 1. The molecule has 9 nitrogen and oxygen atoms in total. The summed E-state index contributed by atoms with van der Waals surface area (Å²) >= 11 is 0. The summed E-state index contributed by atoms with van der Waals surface area (Å²) < 4.78 is 5.23. The maximum Gasteiger partial charge on any atom is 0.254 e. The van der Waals surface area contributed by atoms with Crippen molar-refractivity contribution in [1.29, 1.82) is 0 Å². The first-order chi connectivity index (χ1) is 18.3. The zero-order valence-electron chi connectivity index (χ0n) is 21.6. The standard InChI is InChI=1S/C29H30N4O5/c1-3-31-12-14-32(15-13-31)26(35)21-6-4-20(5-7-21)10-11-29(17-25(34)30-28(29)37)19-33-18-22-8-9-23(38-2)16-24(22)27(33)36/h4-9,16H,3,12-15,17-19H2,1-2H3,(H,30,34,37)/t29-/m1/s1. The lowest BCUT2D eigenvalue weighted by Crippen LogP contribution is -2.48. The number of nitrogens with zero attached hydrogens (tertiary/aromatic N) is 3. The predicted octanol–water partition coefficient (Wildman–Crippen LogP) is 1.51. The molecular weight excluding hydrogens is 484 g/mol. The summed E-state index contributed by atoms with van der Waals surface area (Å²) in [5.74, 6) is 5.44. The van der Waals surface area contributed by atoms with Gasteiger partial charge in [0, 0.05) is 56.0 Å². The highest BCUT2D eigenvalue weighted by molar-refractivity contribution is 6.08. The molecule has 0 spiro atoms. The van der Waals surface area contributed by atoms with Gasteiger partial charge in [-0.05, 0) is 48.5 Å². The topological polar surface area (TPSA) is 99.3 Å². The fourth-order valence-electron chi connectivity index (χ4n) is 5.17. The van der Waals surface area contributed by atoms with Gasteiger partial charge in [-0.3, -0.25) is 24.5 Å². The van der Waals surface area contributed by atoms with Crippen LogP contribution in [0, 0.1) is 17.3 Å². The van der Waals surface area contributed by atoms with Crippen LogP contribution in [0.5, 0.6) is 5.75 Å². The van der Waals surface area contributed by atoms with E-state index >= 15 is 0 Å². The molecule has 1 N–H and O–H groups in total. The summed E-state index contributed by atoms with van der Waals surface area (Å²) in [5.41, 5.74) is 1.20. The predicted molar refractivity (Wildman–Crippen MR) is 139 cm³/mol. The van der Waals surface area contributed by atoms with Gasteiger partial charge in [0.05, 0.1) is 13.5 Å². The summed E-state index contributed by atoms with van der Waals surface area (Å²) in [6.45, 7) is 6.55. The smallest absolute Gasteiger partial charge is 0.254 e. The Morgan fingerprint density at radius 1 is 1.05 bits per heavy atom. The maximum absolute atomic E-state index is 13.1. The van der Waals surface area contributed by atoms with Gasteiger partial charge in [0.15, 0.2) is 0 Å². The van der Waals surface area contributed by atoms with E-state index in [2.05, 4.69) is 29.0 Å². The number of imide groups is 1. The fraction of sp³-hybridized carbons (Fsp3) is 0.379. The highest BCUT2D eigenvalue weighted by Crippen LogP contribution is 2.33. The van der Waals surface area contributed by atoms with Crippen LogP contribution in [0.4, 0.5) is 0 Å². The average molecular weight is 515 g/mol. The highest BCUT2D eigenvalue weighted by atomic mass is 16.5. The Morgan fingerprint density at radius 3 is 2.42 bits per heavy atom. The molecule has 2 fully saturated rings. The van der Waals surface area contributed by atoms with E-state index in [-0.39, 0.29) is 24.8 Å². The number of fused-ring (bicyclic) bond motifs is 1. The van der Waals surface area contributed by atoms with Crippen LogP contribution in [-0.4, -0.2) is 84.7 Å². The Labute approximate surface area is 221 Å². The van der Waals surface area contributed by atoms with E-state index in [0.717, 1.165) is 25.2 Å². The SMILES string of the molecule is CCN1CCN(C(=O)c2ccc(C#C[C@]3(CN4Cc5ccc(OC)cc5C4=O)CC(=O)NC3=O)cc2)CC1. The number of likely N-dealkylation sites (N-methyl/N-ethyl adjacent to an activating group) is 1. The molecule has 0 aromatic heterocycles. The summed E-state index contributed by atoms with van der Waals surface area (Å²) in [4.78, 5) is 56.8. The third-order valence-electron chi connectivity index (χ3n) is 7.49. The number of hydrogen-bond acceptors (Lipinski definition) is 6. The second-order valence-electron chi connectivity index (χ2n) is 9.87. The molecule has 4 amide bonds. The zero-order chi connectivity index (χ0) is 26.9. The lowest BCUT2D eigenvalue weighted by atomic mass is 9.85. The Bertz CT molecular complexity index is 1350. The molecule has 0 radical (unpaired) electrons. The van der Waals surface area contributed by atoms with E-state index in [9.17, 15) is 19.2 Å². The molecule has 2 saturated heterocycles. The molecule has 38 heavy (non-hydrogen) atoms. The first-order valence-corrected chi connectivity index (χ1v) is 12.8. The van der Waals surface area contributed by atoms with Gasteiger partial charge < -0.3 is 19.4 Å². The first-order valence-electron chi connectivity index (χ1n) is 12.8. The molecule has 0 saturated carbocycles. The van der Waals surface area contributed by atoms with Gasteiger partial charge in [-0.1, -0.05) is 24.8 Å². The second-order valence-corrected chi connectivity index (χ2v) is 9.87. The van der Waals surface area contributed by atoms with Crippen LogP contribution in [0.3, 0.4) is 0 Å². The minimum atomic E-state index is -1.35. The van der Waals surface area contributed by atoms with Crippen molar-refractivity contribution in [3.63, 3.8) is 0 Å². The number of piperazine rings is 1. The fourth-order valence-corrected chi connectivity index (χ4v) is 5.17. The Kier molecular flexibility index (Phi) is 6.91. The van der Waals surface area contributed by atoms with E-state index in [1.54, 1.807) is 41.3 Å². The minimum absolute atomic E-state index is 0.00624. The van der Waals surface area contributed by atoms with Crippen LogP contribution in [0.25, 0.3) is 0 Å². The van der Waals surface area contributed by atoms with Gasteiger partial charge >= 0.3 is 0 Å². The Balaban J connectivity index is 1.33. The third-order valence-corrected chi connectivity index (χ3v) is 7.49. The number of carbonyl (C=O) groups is 4. The first kappa shape index (κ1) is 25.5. The Morgan fingerprint density at radius 2 is 1.79 bits per heavy atom. The molecule has 0 aliphatic carbocycles. The molecule has 5 rings (SSSR count). The van der Waals surface area contributed by atoms with Crippen molar-refractivity contribution < 1.29 is 23.9 Å². The zero-order valence-corrected chi connectivity index (χ0v) is 21.6. The summed E-state index contributed by atoms with van der Waals surface area (Å²) in [6, 6.07) is 12.3. The molecule has 0 unspecified atom stereocenters. The van der Waals surface area contributed by atoms with Crippen molar-refractivity contribution in [1.82, 2.24) is 20.0 Å². The number of ether oxygens (including phenoxy) is 1. The van der Waals surface area contributed by atoms with Crippen LogP contribution >= 0.6 is 0 Å². The van der Waals surface area contributed by atoms with E-state index < -0.39 is 17.2 Å². The molecule has 3 heterocycles. The maximum atomic E-state index is 13.1. The molecule has 0 bridgehead atoms. The van der Waals surface area contributed by atoms with Crippen LogP contribution < -0.4 is 10.1 Å². The van der Waals surface area contributed by atoms with Gasteiger partial charge in [0.25, 0.3) is 11.8 Å². The molecule has 2 aromatic rings. The number of benzene rings is 2. The van der Waals surface area contributed by atoms with Crippen LogP contribution in [0.1, 0.15) is 45.2 Å². The quantitative estimate of drug-likeness (QED) is 0.480. The monoisotopic (exact) mass is 514 g/mol. The van der Waals surface area contributed by atoms with E-state index in [4.69, 9.17) is 4.74 Å². The molecule has 3 aliphatic rings. The largest absolute Gasteiger partial charge is 0.497 e. The molecule has 196 valence electrons. The van der Waals surface area contributed by atoms with E-state index in [1.807, 2.05) is 11.0 Å². The van der Waals surface area contributed by atoms with Crippen molar-refractivity contribution in [2.75, 3.05) is 46.4 Å². The van der Waals surface area contributed by atoms with Gasteiger partial charge in [0.1, 0.15) is 11.2 Å². The van der Waals surface area contributed by atoms with E-state index in [1.165, 1.54) is 7.11 Å². The van der Waals surface area contributed by atoms with Gasteiger partial charge in [-0.15, -0.1) is 0 Å². The number of carbonyl (C=O) groups excluding carboxylic acids is 4. The molecule has 2 aromatic carbocycles. The lowest BCUT2D eigenvalue weighted by molar-refractivity contribution is -0.127. The van der Waals surface area contributed by atoms with Crippen molar-refractivity contribution in [2.45, 2.75) is 19.9 Å². The summed E-state index contributed by atoms with van der Waals surface area (Å²) in [5, 5.41) is 2.35. The van der Waals surface area contributed by atoms with Crippen LogP contribution in [-0.2, 0) is 16.1 Å². The number of methoxy groups -OCH3 is 1. The van der Waals surface area contributed by atoms with Crippen LogP contribution in [0.15, 0.2) is 42.5 Å². The minimum Gasteiger partial charge on any atom is -0.497 e. The second kappa shape index (κ2) is 10.3. The van der Waals surface area contributed by atoms with Crippen molar-refractivity contribution in [3.8, 4) is 17.6 Å². The lowest BCUT2D eigenvalue weighted by Gasteiger charge is -2.34. The summed E-state index contributed by atoms with van der Waals surface area (Å²) in [7, 11) is 1.54. The molecule has 3 aliphatic heterocycles. The van der Waals surface area contributed by atoms with Gasteiger partial charge in [0.2, 0.25) is 11.8 Å². The van der Waals surface area contributed by atoms with Crippen molar-refractivity contribution in [2.24, 2.45) is 5.41 Å². The summed E-state index contributed by atoms with van der Waals surface area (Å²) in [6.07, 6.45) is -0.122. The molecular formula is C29H30N4O5. The molecule has 9 heteroatoms. The Hall–Kier alpha value is -4.16. The van der Waals surface area contributed by atoms with Gasteiger partial charge in [-0.2, -0.15) is 0 Å². The van der Waals surface area contributed by atoms with Crippen LogP contribution in [0.2, 0.25) is 0 Å². The average Bonchev–Trinajstić information content (AvgIpc) is 3.40. The number of hydrogen-bond donors (Lipinski definition) is 1. The van der Waals surface area contributed by atoms with Gasteiger partial charge in [-0.25, -0.2) is 0 Å². The van der Waals surface area contributed by atoms with Crippen molar-refractivity contribution >= 4 is 23.6 Å². The number of rotatable bonds is 5. The van der Waals surface area contributed by atoms with Crippen molar-refractivity contribution in [3.05, 3.63) is 64.7 Å². The van der Waals surface area contributed by atoms with E-state index in [0.29, 0.717) is 42.1 Å². The highest BCUT2D eigenvalue weighted by Gasteiger charge is 2.48.